The molecular formula is C13H10N12O2. The standard InChI is InChI=1S/C13H10N12O2/c1-21-11-8(4-16-21)12-17-10(19-24(12)6-14-11)9-2-3-22(18-9)7-23-5-15-13(20-23)25(26)27/h2-6H,7H2,1H3. The zero-order valence-corrected chi connectivity index (χ0v) is 13.8. The second kappa shape index (κ2) is 5.38. The maximum absolute atomic E-state index is 10.7. The van der Waals surface area contributed by atoms with Gasteiger partial charge in [-0.3, -0.25) is 4.68 Å². The molecule has 0 fully saturated rings. The molecule has 5 heterocycles. The molecule has 27 heavy (non-hydrogen) atoms. The predicted molar refractivity (Wildman–Crippen MR) is 88.3 cm³/mol. The molecule has 5 rings (SSSR count). The van der Waals surface area contributed by atoms with Crippen LogP contribution >= 0.6 is 0 Å². The average Bonchev–Trinajstić information content (AvgIpc) is 3.40. The van der Waals surface area contributed by atoms with E-state index in [0.717, 1.165) is 5.39 Å². The molecule has 5 aromatic rings. The third-order valence-corrected chi connectivity index (χ3v) is 3.92. The maximum atomic E-state index is 10.7. The van der Waals surface area contributed by atoms with Crippen molar-refractivity contribution in [2.75, 3.05) is 0 Å². The Morgan fingerprint density at radius 2 is 2.00 bits per heavy atom. The van der Waals surface area contributed by atoms with Gasteiger partial charge in [-0.1, -0.05) is 4.98 Å². The lowest BCUT2D eigenvalue weighted by atomic mass is 10.4. The molecule has 0 aromatic carbocycles. The number of aryl methyl sites for hydroxylation is 1. The van der Waals surface area contributed by atoms with Gasteiger partial charge in [-0.05, 0) is 11.0 Å². The van der Waals surface area contributed by atoms with Crippen LogP contribution in [0.4, 0.5) is 5.95 Å². The number of fused-ring (bicyclic) bond motifs is 3. The van der Waals surface area contributed by atoms with Crippen molar-refractivity contribution in [2.24, 2.45) is 7.05 Å². The minimum Gasteiger partial charge on any atom is -0.390 e. The van der Waals surface area contributed by atoms with Crippen molar-refractivity contribution >= 4 is 22.6 Å². The van der Waals surface area contributed by atoms with E-state index in [-0.39, 0.29) is 6.67 Å². The fraction of sp³-hybridized carbons (Fsp3) is 0.154. The van der Waals surface area contributed by atoms with Crippen LogP contribution in [-0.2, 0) is 13.7 Å². The fourth-order valence-corrected chi connectivity index (χ4v) is 2.69. The third kappa shape index (κ3) is 2.38. The molecule has 0 saturated heterocycles. The average molecular weight is 366 g/mol. The van der Waals surface area contributed by atoms with Crippen LogP contribution in [0, 0.1) is 10.1 Å². The summed E-state index contributed by atoms with van der Waals surface area (Å²) in [6.07, 6.45) is 6.23. The molecule has 0 saturated carbocycles. The van der Waals surface area contributed by atoms with Crippen molar-refractivity contribution in [3.8, 4) is 11.5 Å². The molecular weight excluding hydrogens is 356 g/mol. The van der Waals surface area contributed by atoms with Crippen LogP contribution in [-0.4, -0.2) is 58.8 Å². The fourth-order valence-electron chi connectivity index (χ4n) is 2.69. The number of nitro groups is 1. The minimum absolute atomic E-state index is 0.169. The van der Waals surface area contributed by atoms with E-state index in [1.54, 1.807) is 45.7 Å². The molecule has 0 atom stereocenters. The summed E-state index contributed by atoms with van der Waals surface area (Å²) in [5, 5.41) is 28.2. The van der Waals surface area contributed by atoms with E-state index in [1.807, 2.05) is 0 Å². The molecule has 0 spiro atoms. The van der Waals surface area contributed by atoms with Crippen LogP contribution in [0.1, 0.15) is 0 Å². The Kier molecular flexibility index (Phi) is 3.00. The van der Waals surface area contributed by atoms with Crippen molar-refractivity contribution in [1.82, 2.24) is 53.9 Å². The first-order chi connectivity index (χ1) is 13.1. The summed E-state index contributed by atoms with van der Waals surface area (Å²) < 4.78 is 6.10. The Balaban J connectivity index is 1.48. The van der Waals surface area contributed by atoms with Gasteiger partial charge in [0.15, 0.2) is 18.0 Å². The molecule has 0 radical (unpaired) electrons. The summed E-state index contributed by atoms with van der Waals surface area (Å²) in [7, 11) is 1.80. The number of rotatable bonds is 4. The van der Waals surface area contributed by atoms with Crippen LogP contribution in [0.15, 0.2) is 31.1 Å². The molecule has 134 valence electrons. The van der Waals surface area contributed by atoms with E-state index < -0.39 is 10.9 Å². The monoisotopic (exact) mass is 366 g/mol. The predicted octanol–water partition coefficient (Wildman–Crippen LogP) is -0.120. The Morgan fingerprint density at radius 3 is 2.81 bits per heavy atom. The van der Waals surface area contributed by atoms with Crippen molar-refractivity contribution in [3.05, 3.63) is 41.2 Å². The normalized spacial score (nSPS) is 11.6. The number of hydrogen-bond donors (Lipinski definition) is 0. The van der Waals surface area contributed by atoms with E-state index in [9.17, 15) is 10.1 Å². The van der Waals surface area contributed by atoms with Gasteiger partial charge < -0.3 is 10.1 Å². The highest BCUT2D eigenvalue weighted by Crippen LogP contribution is 2.19. The molecule has 0 aliphatic rings. The van der Waals surface area contributed by atoms with Gasteiger partial charge in [0.05, 0.1) is 11.6 Å². The van der Waals surface area contributed by atoms with E-state index in [2.05, 4.69) is 35.3 Å². The van der Waals surface area contributed by atoms with Gasteiger partial charge in [0.2, 0.25) is 12.2 Å². The summed E-state index contributed by atoms with van der Waals surface area (Å²) in [5.41, 5.74) is 1.88. The van der Waals surface area contributed by atoms with E-state index >= 15 is 0 Å². The highest BCUT2D eigenvalue weighted by molar-refractivity contribution is 5.88. The smallest absolute Gasteiger partial charge is 0.390 e. The topological polar surface area (TPSA) is 153 Å². The van der Waals surface area contributed by atoms with Gasteiger partial charge in [0, 0.05) is 18.3 Å². The highest BCUT2D eigenvalue weighted by atomic mass is 16.6. The second-order valence-electron chi connectivity index (χ2n) is 5.68. The Morgan fingerprint density at radius 1 is 1.11 bits per heavy atom. The quantitative estimate of drug-likeness (QED) is 0.313. The number of aromatic nitrogens is 11. The number of hydrogen-bond acceptors (Lipinski definition) is 9. The van der Waals surface area contributed by atoms with Crippen LogP contribution in [0.3, 0.4) is 0 Å². The lowest BCUT2D eigenvalue weighted by Gasteiger charge is -1.96. The van der Waals surface area contributed by atoms with Crippen molar-refractivity contribution in [3.63, 3.8) is 0 Å². The number of nitrogens with zero attached hydrogens (tertiary/aromatic N) is 12. The van der Waals surface area contributed by atoms with Gasteiger partial charge in [-0.25, -0.2) is 19.2 Å². The second-order valence-corrected chi connectivity index (χ2v) is 5.68. The minimum atomic E-state index is -0.654. The molecule has 0 amide bonds. The van der Waals surface area contributed by atoms with Gasteiger partial charge >= 0.3 is 5.95 Å². The van der Waals surface area contributed by atoms with Gasteiger partial charge in [0.1, 0.15) is 12.0 Å². The Hall–Kier alpha value is -4.23. The van der Waals surface area contributed by atoms with Crippen molar-refractivity contribution in [2.45, 2.75) is 6.67 Å². The molecule has 14 nitrogen and oxygen atoms in total. The van der Waals surface area contributed by atoms with Crippen molar-refractivity contribution in [1.29, 1.82) is 0 Å². The van der Waals surface area contributed by atoms with E-state index in [1.165, 1.54) is 11.0 Å². The molecule has 14 heteroatoms. The van der Waals surface area contributed by atoms with Gasteiger partial charge in [0.25, 0.3) is 0 Å². The maximum Gasteiger partial charge on any atom is 0.491 e. The van der Waals surface area contributed by atoms with E-state index in [0.29, 0.717) is 22.8 Å². The molecule has 0 bridgehead atoms. The van der Waals surface area contributed by atoms with Crippen LogP contribution in [0.2, 0.25) is 0 Å². The van der Waals surface area contributed by atoms with Gasteiger partial charge in [-0.2, -0.15) is 14.9 Å². The summed E-state index contributed by atoms with van der Waals surface area (Å²) in [6, 6.07) is 1.74. The molecule has 5 aromatic heterocycles. The first kappa shape index (κ1) is 15.1. The highest BCUT2D eigenvalue weighted by Gasteiger charge is 2.16. The third-order valence-electron chi connectivity index (χ3n) is 3.92. The van der Waals surface area contributed by atoms with Gasteiger partial charge in [-0.15, -0.1) is 5.10 Å². The van der Waals surface area contributed by atoms with Crippen LogP contribution < -0.4 is 0 Å². The largest absolute Gasteiger partial charge is 0.491 e. The summed E-state index contributed by atoms with van der Waals surface area (Å²) in [5.74, 6) is -0.0335. The summed E-state index contributed by atoms with van der Waals surface area (Å²) >= 11 is 0. The molecule has 0 N–H and O–H groups in total. The molecule has 0 unspecified atom stereocenters. The summed E-state index contributed by atoms with van der Waals surface area (Å²) in [6.45, 7) is 0.169. The van der Waals surface area contributed by atoms with E-state index in [4.69, 9.17) is 0 Å². The summed E-state index contributed by atoms with van der Waals surface area (Å²) in [4.78, 5) is 22.4. The first-order valence-electron chi connectivity index (χ1n) is 7.69. The molecule has 0 aliphatic heterocycles. The van der Waals surface area contributed by atoms with Crippen LogP contribution in [0.5, 0.6) is 0 Å². The molecule has 0 aliphatic carbocycles. The first-order valence-corrected chi connectivity index (χ1v) is 7.69. The Labute approximate surface area is 148 Å². The lowest BCUT2D eigenvalue weighted by Crippen LogP contribution is -2.09. The lowest BCUT2D eigenvalue weighted by molar-refractivity contribution is -0.394. The SMILES string of the molecule is Cn1ncc2c1ncn1nc(-c3ccn(Cn4cnc([N+](=O)[O-])n4)n3)nc21. The zero-order valence-electron chi connectivity index (χ0n) is 13.8. The van der Waals surface area contributed by atoms with Crippen molar-refractivity contribution < 1.29 is 4.92 Å². The van der Waals surface area contributed by atoms with Crippen LogP contribution in [0.25, 0.3) is 28.2 Å². The zero-order chi connectivity index (χ0) is 18.5. The Bertz CT molecular complexity index is 1310.